The van der Waals surface area contributed by atoms with E-state index in [1.165, 1.54) is 38.1 Å². The van der Waals surface area contributed by atoms with Gasteiger partial charge in [-0.15, -0.1) is 0 Å². The molecule has 0 N–H and O–H groups in total. The lowest BCUT2D eigenvalue weighted by molar-refractivity contribution is -0.166. The Kier molecular flexibility index (Phi) is 7.42. The summed E-state index contributed by atoms with van der Waals surface area (Å²) in [6.45, 7) is 5.48. The summed E-state index contributed by atoms with van der Waals surface area (Å²) in [5.41, 5.74) is -1.08. The lowest BCUT2D eigenvalue weighted by Gasteiger charge is -2.28. The second-order valence-corrected chi connectivity index (χ2v) is 9.15. The molecule has 0 aromatic heterocycles. The third-order valence-electron chi connectivity index (χ3n) is 5.02. The topological polar surface area (TPSA) is 86.7 Å². The van der Waals surface area contributed by atoms with Crippen molar-refractivity contribution >= 4 is 39.5 Å². The summed E-state index contributed by atoms with van der Waals surface area (Å²) in [4.78, 5) is 24.5. The summed E-state index contributed by atoms with van der Waals surface area (Å²) in [6.07, 6.45) is 5.76. The first-order valence-electron chi connectivity index (χ1n) is 9.13. The second kappa shape index (κ2) is 9.20. The van der Waals surface area contributed by atoms with Gasteiger partial charge in [0.1, 0.15) is 22.2 Å². The summed E-state index contributed by atoms with van der Waals surface area (Å²) in [5, 5.41) is -0.0355. The number of ether oxygens (including phenoxy) is 1. The first-order chi connectivity index (χ1) is 13.1. The van der Waals surface area contributed by atoms with Gasteiger partial charge in [0.15, 0.2) is 0 Å². The molecule has 2 rings (SSSR count). The maximum atomic E-state index is 12.6. The van der Waals surface area contributed by atoms with E-state index in [4.69, 9.17) is 20.5 Å². The molecule has 28 heavy (non-hydrogen) atoms. The van der Waals surface area contributed by atoms with E-state index in [0.29, 0.717) is 5.56 Å². The van der Waals surface area contributed by atoms with E-state index in [1.807, 2.05) is 0 Å². The zero-order chi connectivity index (χ0) is 20.9. The Morgan fingerprint density at radius 2 is 1.93 bits per heavy atom. The van der Waals surface area contributed by atoms with Crippen molar-refractivity contribution in [3.8, 4) is 0 Å². The highest BCUT2D eigenvalue weighted by Gasteiger charge is 2.43. The van der Waals surface area contributed by atoms with Crippen LogP contribution in [-0.4, -0.2) is 32.9 Å². The van der Waals surface area contributed by atoms with Crippen molar-refractivity contribution in [1.82, 2.24) is 0 Å². The van der Waals surface area contributed by atoms with Gasteiger partial charge in [0.05, 0.1) is 11.6 Å². The Hall–Kier alpha value is -1.70. The van der Waals surface area contributed by atoms with E-state index in [0.717, 1.165) is 32.1 Å². The third-order valence-corrected chi connectivity index (χ3v) is 6.76. The monoisotopic (exact) mass is 428 g/mol. The molecule has 1 atom stereocenters. The van der Waals surface area contributed by atoms with Crippen LogP contribution >= 0.6 is 11.6 Å². The third kappa shape index (κ3) is 5.21. The molecule has 1 aromatic carbocycles. The average Bonchev–Trinajstić information content (AvgIpc) is 2.66. The summed E-state index contributed by atoms with van der Waals surface area (Å²) in [7, 11) is -4.28. The number of esters is 1. The van der Waals surface area contributed by atoms with E-state index < -0.39 is 33.9 Å². The van der Waals surface area contributed by atoms with Gasteiger partial charge in [0.2, 0.25) is 0 Å². The van der Waals surface area contributed by atoms with Crippen LogP contribution in [0.15, 0.2) is 29.7 Å². The lowest BCUT2D eigenvalue weighted by atomic mass is 9.87. The van der Waals surface area contributed by atoms with Gasteiger partial charge in [-0.3, -0.25) is 13.8 Å². The van der Waals surface area contributed by atoms with Gasteiger partial charge in [-0.2, -0.15) is 8.42 Å². The van der Waals surface area contributed by atoms with Crippen molar-refractivity contribution in [3.63, 3.8) is 0 Å². The molecule has 6 nitrogen and oxygen atoms in total. The zero-order valence-electron chi connectivity index (χ0n) is 16.1. The number of Topliss-reactive ketones (excluding diaryl/α,β-unsaturated/α-hetero) is 1. The zero-order valence-corrected chi connectivity index (χ0v) is 17.6. The second-order valence-electron chi connectivity index (χ2n) is 7.16. The average molecular weight is 429 g/mol. The number of halogens is 1. The molecule has 1 fully saturated rings. The summed E-state index contributed by atoms with van der Waals surface area (Å²) in [6, 6.07) is 4.25. The molecule has 0 spiro atoms. The fourth-order valence-electron chi connectivity index (χ4n) is 2.87. The highest BCUT2D eigenvalue weighted by molar-refractivity contribution is 7.86. The van der Waals surface area contributed by atoms with Crippen LogP contribution in [0.3, 0.4) is 0 Å². The summed E-state index contributed by atoms with van der Waals surface area (Å²) < 4.78 is 35.6. The van der Waals surface area contributed by atoms with Crippen LogP contribution in [0, 0.1) is 5.41 Å². The van der Waals surface area contributed by atoms with E-state index in [-0.39, 0.29) is 16.0 Å². The van der Waals surface area contributed by atoms with Crippen molar-refractivity contribution in [2.45, 2.75) is 57.0 Å². The molecule has 1 saturated carbocycles. The van der Waals surface area contributed by atoms with E-state index in [2.05, 4.69) is 6.58 Å². The largest absolute Gasteiger partial charge is 0.462 e. The van der Waals surface area contributed by atoms with Gasteiger partial charge in [0.25, 0.3) is 10.1 Å². The molecule has 1 aliphatic carbocycles. The fourth-order valence-corrected chi connectivity index (χ4v) is 4.40. The van der Waals surface area contributed by atoms with E-state index in [1.54, 1.807) is 0 Å². The number of benzene rings is 1. The van der Waals surface area contributed by atoms with Crippen LogP contribution < -0.4 is 0 Å². The minimum Gasteiger partial charge on any atom is -0.462 e. The van der Waals surface area contributed by atoms with Crippen molar-refractivity contribution in [1.29, 1.82) is 0 Å². The van der Waals surface area contributed by atoms with Gasteiger partial charge in [-0.25, -0.2) is 0 Å². The Balaban J connectivity index is 2.15. The van der Waals surface area contributed by atoms with Gasteiger partial charge in [-0.05, 0) is 57.2 Å². The SMILES string of the molecule is C=Cc1ccc(S(=O)(=O)OCC(C)(C(C)=O)C(=O)OC2CCCCC2)c(Cl)c1. The highest BCUT2D eigenvalue weighted by atomic mass is 35.5. The van der Waals surface area contributed by atoms with Crippen LogP contribution in [0.1, 0.15) is 51.5 Å². The molecule has 0 bridgehead atoms. The molecular formula is C20H25ClO6S. The minimum atomic E-state index is -4.28. The number of ketones is 1. The fraction of sp³-hybridized carbons (Fsp3) is 0.500. The number of hydrogen-bond acceptors (Lipinski definition) is 6. The molecule has 0 amide bonds. The van der Waals surface area contributed by atoms with Crippen molar-refractivity contribution in [2.24, 2.45) is 5.41 Å². The maximum Gasteiger partial charge on any atom is 0.322 e. The van der Waals surface area contributed by atoms with E-state index in [9.17, 15) is 18.0 Å². The standard InChI is InChI=1S/C20H25ClO6S/c1-4-15-10-11-18(17(21)12-15)28(24,25)26-13-20(3,14(2)22)19(23)27-16-8-6-5-7-9-16/h4,10-12,16H,1,5-9,13H2,2-3H3. The molecule has 0 heterocycles. The quantitative estimate of drug-likeness (QED) is 0.351. The van der Waals surface area contributed by atoms with Crippen molar-refractivity contribution in [3.05, 3.63) is 35.4 Å². The number of carbonyl (C=O) groups is 2. The Labute approximate surface area is 171 Å². The Morgan fingerprint density at radius 1 is 1.29 bits per heavy atom. The van der Waals surface area contributed by atoms with Crippen LogP contribution in [-0.2, 0) is 28.6 Å². The Morgan fingerprint density at radius 3 is 2.46 bits per heavy atom. The van der Waals surface area contributed by atoms with Gasteiger partial charge in [-0.1, -0.05) is 36.7 Å². The lowest BCUT2D eigenvalue weighted by Crippen LogP contribution is -2.43. The van der Waals surface area contributed by atoms with Crippen molar-refractivity contribution in [2.75, 3.05) is 6.61 Å². The molecule has 1 aromatic rings. The first kappa shape index (κ1) is 22.6. The molecule has 154 valence electrons. The molecular weight excluding hydrogens is 404 g/mol. The molecule has 0 saturated heterocycles. The van der Waals surface area contributed by atoms with Crippen molar-refractivity contribution < 1.29 is 26.9 Å². The van der Waals surface area contributed by atoms with Crippen LogP contribution in [0.2, 0.25) is 5.02 Å². The molecule has 1 unspecified atom stereocenters. The van der Waals surface area contributed by atoms with Crippen LogP contribution in [0.5, 0.6) is 0 Å². The molecule has 0 aliphatic heterocycles. The molecule has 8 heteroatoms. The van der Waals surface area contributed by atoms with Crippen LogP contribution in [0.25, 0.3) is 6.08 Å². The van der Waals surface area contributed by atoms with Gasteiger partial charge in [0, 0.05) is 0 Å². The highest BCUT2D eigenvalue weighted by Crippen LogP contribution is 2.29. The van der Waals surface area contributed by atoms with Crippen LogP contribution in [0.4, 0.5) is 0 Å². The number of carbonyl (C=O) groups excluding carboxylic acids is 2. The number of rotatable bonds is 8. The van der Waals surface area contributed by atoms with Gasteiger partial charge < -0.3 is 4.74 Å². The summed E-state index contributed by atoms with van der Waals surface area (Å²) in [5.74, 6) is -1.30. The van der Waals surface area contributed by atoms with E-state index >= 15 is 0 Å². The maximum absolute atomic E-state index is 12.6. The predicted molar refractivity (Wildman–Crippen MR) is 106 cm³/mol. The Bertz CT molecular complexity index is 857. The number of hydrogen-bond donors (Lipinski definition) is 0. The first-order valence-corrected chi connectivity index (χ1v) is 10.9. The molecule has 1 aliphatic rings. The normalized spacial score (nSPS) is 17.5. The van der Waals surface area contributed by atoms with Gasteiger partial charge >= 0.3 is 5.97 Å². The summed E-state index contributed by atoms with van der Waals surface area (Å²) >= 11 is 6.03. The minimum absolute atomic E-state index is 0.0355. The smallest absolute Gasteiger partial charge is 0.322 e. The predicted octanol–water partition coefficient (Wildman–Crippen LogP) is 4.16. The molecule has 0 radical (unpaired) electrons.